The van der Waals surface area contributed by atoms with Gasteiger partial charge in [0.2, 0.25) is 0 Å². The van der Waals surface area contributed by atoms with Gasteiger partial charge in [0.05, 0.1) is 12.2 Å². The predicted octanol–water partition coefficient (Wildman–Crippen LogP) is 3.23. The Kier molecular flexibility index (Phi) is 5.08. The van der Waals surface area contributed by atoms with Crippen LogP contribution in [0.25, 0.3) is 10.9 Å². The zero-order valence-corrected chi connectivity index (χ0v) is 16.1. The van der Waals surface area contributed by atoms with Gasteiger partial charge in [0.25, 0.3) is 5.91 Å². The van der Waals surface area contributed by atoms with E-state index in [2.05, 4.69) is 42.9 Å². The van der Waals surface area contributed by atoms with Crippen LogP contribution in [0.4, 0.5) is 4.39 Å². The Morgan fingerprint density at radius 1 is 1.31 bits per heavy atom. The van der Waals surface area contributed by atoms with Crippen molar-refractivity contribution >= 4 is 16.8 Å². The van der Waals surface area contributed by atoms with Gasteiger partial charge in [-0.25, -0.2) is 4.39 Å². The van der Waals surface area contributed by atoms with Gasteiger partial charge in [0.15, 0.2) is 0 Å². The number of morpholine rings is 1. The minimum atomic E-state index is -0.305. The molecule has 5 nitrogen and oxygen atoms in total. The summed E-state index contributed by atoms with van der Waals surface area (Å²) in [4.78, 5) is 18.0. The van der Waals surface area contributed by atoms with Crippen LogP contribution in [0.1, 0.15) is 43.7 Å². The Hall–Kier alpha value is -1.92. The zero-order valence-electron chi connectivity index (χ0n) is 16.1. The topological polar surface area (TPSA) is 57.4 Å². The summed E-state index contributed by atoms with van der Waals surface area (Å²) < 4.78 is 19.3. The maximum atomic E-state index is 13.5. The maximum absolute atomic E-state index is 13.5. The molecule has 2 aromatic rings. The minimum absolute atomic E-state index is 0.177. The number of aryl methyl sites for hydroxylation is 1. The average Bonchev–Trinajstić information content (AvgIpc) is 2.96. The normalized spacial score (nSPS) is 21.9. The van der Waals surface area contributed by atoms with Crippen LogP contribution in [0.5, 0.6) is 0 Å². The van der Waals surface area contributed by atoms with Crippen molar-refractivity contribution < 1.29 is 13.9 Å². The largest absolute Gasteiger partial charge is 0.373 e. The number of rotatable bonds is 4. The second-order valence-corrected chi connectivity index (χ2v) is 8.02. The monoisotopic (exact) mass is 361 g/mol. The highest BCUT2D eigenvalue weighted by molar-refractivity contribution is 5.98. The summed E-state index contributed by atoms with van der Waals surface area (Å²) in [6, 6.07) is 4.67. The number of nitrogens with one attached hydrogen (secondary N) is 2. The minimum Gasteiger partial charge on any atom is -0.373 e. The first kappa shape index (κ1) is 18.9. The fourth-order valence-electron chi connectivity index (χ4n) is 3.67. The lowest BCUT2D eigenvalue weighted by Crippen LogP contribution is -2.58. The number of H-pyrrole nitrogens is 1. The van der Waals surface area contributed by atoms with Crippen LogP contribution in [0.2, 0.25) is 0 Å². The second kappa shape index (κ2) is 7.00. The molecule has 0 spiro atoms. The van der Waals surface area contributed by atoms with Gasteiger partial charge >= 0.3 is 0 Å². The summed E-state index contributed by atoms with van der Waals surface area (Å²) in [7, 11) is 0. The molecule has 1 amide bonds. The van der Waals surface area contributed by atoms with Crippen LogP contribution in [0.15, 0.2) is 18.2 Å². The van der Waals surface area contributed by atoms with E-state index in [1.165, 1.54) is 12.1 Å². The fourth-order valence-corrected chi connectivity index (χ4v) is 3.67. The lowest BCUT2D eigenvalue weighted by molar-refractivity contribution is -0.0948. The van der Waals surface area contributed by atoms with Crippen LogP contribution in [0.3, 0.4) is 0 Å². The molecule has 0 unspecified atom stereocenters. The number of halogens is 1. The van der Waals surface area contributed by atoms with Crippen molar-refractivity contribution in [2.24, 2.45) is 0 Å². The summed E-state index contributed by atoms with van der Waals surface area (Å²) in [6.45, 7) is 12.5. The number of ether oxygens (including phenoxy) is 1. The first-order valence-corrected chi connectivity index (χ1v) is 9.13. The zero-order chi connectivity index (χ0) is 19.1. The van der Waals surface area contributed by atoms with E-state index < -0.39 is 0 Å². The predicted molar refractivity (Wildman–Crippen MR) is 101 cm³/mol. The Morgan fingerprint density at radius 3 is 2.62 bits per heavy atom. The van der Waals surface area contributed by atoms with Crippen molar-refractivity contribution in [3.63, 3.8) is 0 Å². The van der Waals surface area contributed by atoms with E-state index in [0.29, 0.717) is 17.8 Å². The number of aromatic nitrogens is 1. The molecule has 3 rings (SSSR count). The Morgan fingerprint density at radius 2 is 1.96 bits per heavy atom. The first-order chi connectivity index (χ1) is 12.2. The highest BCUT2D eigenvalue weighted by Gasteiger charge is 2.33. The SMILES string of the molecule is Cc1cc(F)cc2[nH]c(C(=O)NCC(C)(C)N3C[C@H](C)O[C@@H](C)C3)cc12. The van der Waals surface area contributed by atoms with Gasteiger partial charge in [-0.2, -0.15) is 0 Å². The van der Waals surface area contributed by atoms with E-state index in [1.807, 2.05) is 6.92 Å². The number of carbonyl (C=O) groups excluding carboxylic acids is 1. The molecule has 0 aliphatic carbocycles. The molecule has 6 heteroatoms. The average molecular weight is 361 g/mol. The molecule has 2 N–H and O–H groups in total. The molecule has 1 aliphatic rings. The van der Waals surface area contributed by atoms with E-state index in [4.69, 9.17) is 4.74 Å². The highest BCUT2D eigenvalue weighted by atomic mass is 19.1. The summed E-state index contributed by atoms with van der Waals surface area (Å²) in [5.74, 6) is -0.482. The second-order valence-electron chi connectivity index (χ2n) is 8.02. The van der Waals surface area contributed by atoms with E-state index >= 15 is 0 Å². The van der Waals surface area contributed by atoms with Gasteiger partial charge in [-0.1, -0.05) is 0 Å². The van der Waals surface area contributed by atoms with Crippen LogP contribution in [-0.2, 0) is 4.74 Å². The third-order valence-electron chi connectivity index (χ3n) is 5.11. The lowest BCUT2D eigenvalue weighted by atomic mass is 10.00. The highest BCUT2D eigenvalue weighted by Crippen LogP contribution is 2.22. The van der Waals surface area contributed by atoms with Crippen molar-refractivity contribution in [3.8, 4) is 0 Å². The molecule has 1 aromatic carbocycles. The third-order valence-corrected chi connectivity index (χ3v) is 5.11. The van der Waals surface area contributed by atoms with Gasteiger partial charge < -0.3 is 15.0 Å². The van der Waals surface area contributed by atoms with Crippen LogP contribution >= 0.6 is 0 Å². The molecular formula is C20H28FN3O2. The molecule has 1 saturated heterocycles. The van der Waals surface area contributed by atoms with Gasteiger partial charge in [0, 0.05) is 36.1 Å². The molecule has 26 heavy (non-hydrogen) atoms. The molecule has 1 aromatic heterocycles. The molecular weight excluding hydrogens is 333 g/mol. The fraction of sp³-hybridized carbons (Fsp3) is 0.550. The Balaban J connectivity index is 1.69. The number of aromatic amines is 1. The van der Waals surface area contributed by atoms with E-state index in [1.54, 1.807) is 6.07 Å². The molecule has 142 valence electrons. The standard InChI is InChI=1S/C20H28FN3O2/c1-12-6-15(21)7-17-16(12)8-18(23-17)19(25)22-11-20(4,5)24-9-13(2)26-14(3)10-24/h6-8,13-14,23H,9-11H2,1-5H3,(H,22,25)/t13-,14-/m0/s1. The van der Waals surface area contributed by atoms with Gasteiger partial charge in [0.1, 0.15) is 11.5 Å². The number of fused-ring (bicyclic) bond motifs is 1. The molecule has 2 atom stereocenters. The summed E-state index contributed by atoms with van der Waals surface area (Å²) in [6.07, 6.45) is 0.362. The van der Waals surface area contributed by atoms with Gasteiger partial charge in [-0.3, -0.25) is 9.69 Å². The van der Waals surface area contributed by atoms with Gasteiger partial charge in [-0.05, 0) is 58.4 Å². The van der Waals surface area contributed by atoms with Crippen LogP contribution in [-0.4, -0.2) is 53.2 Å². The molecule has 0 saturated carbocycles. The molecule has 0 bridgehead atoms. The van der Waals surface area contributed by atoms with Crippen molar-refractivity contribution in [1.29, 1.82) is 0 Å². The smallest absolute Gasteiger partial charge is 0.267 e. The molecule has 0 radical (unpaired) electrons. The molecule has 1 fully saturated rings. The third kappa shape index (κ3) is 3.91. The number of amides is 1. The van der Waals surface area contributed by atoms with Crippen LogP contribution < -0.4 is 5.32 Å². The number of carbonyl (C=O) groups is 1. The number of hydrogen-bond acceptors (Lipinski definition) is 3. The maximum Gasteiger partial charge on any atom is 0.267 e. The summed E-state index contributed by atoms with van der Waals surface area (Å²) >= 11 is 0. The number of hydrogen-bond donors (Lipinski definition) is 2. The van der Waals surface area contributed by atoms with Crippen molar-refractivity contribution in [2.75, 3.05) is 19.6 Å². The van der Waals surface area contributed by atoms with Crippen molar-refractivity contribution in [2.45, 2.75) is 52.4 Å². The Bertz CT molecular complexity index is 805. The number of benzene rings is 1. The molecule has 2 heterocycles. The molecule has 1 aliphatic heterocycles. The summed E-state index contributed by atoms with van der Waals surface area (Å²) in [5, 5.41) is 3.88. The summed E-state index contributed by atoms with van der Waals surface area (Å²) in [5.41, 5.74) is 1.72. The van der Waals surface area contributed by atoms with Crippen molar-refractivity contribution in [1.82, 2.24) is 15.2 Å². The van der Waals surface area contributed by atoms with E-state index in [0.717, 1.165) is 24.0 Å². The lowest BCUT2D eigenvalue weighted by Gasteiger charge is -2.45. The quantitative estimate of drug-likeness (QED) is 0.879. The van der Waals surface area contributed by atoms with Gasteiger partial charge in [-0.15, -0.1) is 0 Å². The van der Waals surface area contributed by atoms with E-state index in [9.17, 15) is 9.18 Å². The van der Waals surface area contributed by atoms with Crippen molar-refractivity contribution in [3.05, 3.63) is 35.3 Å². The first-order valence-electron chi connectivity index (χ1n) is 9.13. The Labute approximate surface area is 153 Å². The van der Waals surface area contributed by atoms with E-state index in [-0.39, 0.29) is 29.5 Å². The van der Waals surface area contributed by atoms with Crippen LogP contribution in [0, 0.1) is 12.7 Å². The number of nitrogens with zero attached hydrogens (tertiary/aromatic N) is 1.